The van der Waals surface area contributed by atoms with Crippen LogP contribution in [0.15, 0.2) is 47.4 Å². The fraction of sp³-hybridized carbons (Fsp3) is 0.385. The number of H-pyrrole nitrogens is 1. The predicted octanol–water partition coefficient (Wildman–Crippen LogP) is 4.32. The highest BCUT2D eigenvalue weighted by molar-refractivity contribution is 6.06. The van der Waals surface area contributed by atoms with Crippen LogP contribution < -0.4 is 10.9 Å². The smallest absolute Gasteiger partial charge is 0.262 e. The number of amides is 1. The number of benzene rings is 1. The summed E-state index contributed by atoms with van der Waals surface area (Å²) in [5.74, 6) is -0.152. The fourth-order valence-corrected chi connectivity index (χ4v) is 4.23. The second kappa shape index (κ2) is 8.14. The van der Waals surface area contributed by atoms with Gasteiger partial charge in [-0.25, -0.2) is 4.68 Å². The Bertz CT molecular complexity index is 1270. The molecule has 0 aliphatic heterocycles. The Morgan fingerprint density at radius 1 is 1.12 bits per heavy atom. The number of ketones is 1. The first-order valence-corrected chi connectivity index (χ1v) is 11.1. The summed E-state index contributed by atoms with van der Waals surface area (Å²) in [5.41, 5.74) is 2.58. The first-order valence-electron chi connectivity index (χ1n) is 11.1. The van der Waals surface area contributed by atoms with Gasteiger partial charge in [-0.15, -0.1) is 0 Å². The molecule has 1 aliphatic carbocycles. The number of carbonyl (C=O) groups is 2. The maximum atomic E-state index is 12.9. The SMILES string of the molecule is CC1(C)CC(=O)c2cc(C(=O)Nc3ccnn3Cc3ccc(C(C)(C)C)cc3)c(=O)[nH]c2C1. The largest absolute Gasteiger partial charge is 0.325 e. The summed E-state index contributed by atoms with van der Waals surface area (Å²) in [5, 5.41) is 7.08. The number of aromatic nitrogens is 3. The molecule has 0 fully saturated rings. The van der Waals surface area contributed by atoms with Crippen LogP contribution in [0.4, 0.5) is 5.82 Å². The average Bonchev–Trinajstić information content (AvgIpc) is 3.12. The lowest BCUT2D eigenvalue weighted by molar-refractivity contribution is 0.0910. The van der Waals surface area contributed by atoms with Crippen LogP contribution >= 0.6 is 0 Å². The molecule has 7 heteroatoms. The van der Waals surface area contributed by atoms with Crippen molar-refractivity contribution < 1.29 is 9.59 Å². The minimum absolute atomic E-state index is 0.0599. The van der Waals surface area contributed by atoms with Gasteiger partial charge in [-0.2, -0.15) is 5.10 Å². The third-order valence-corrected chi connectivity index (χ3v) is 6.07. The number of fused-ring (bicyclic) bond motifs is 1. The number of carbonyl (C=O) groups excluding carboxylic acids is 2. The van der Waals surface area contributed by atoms with Gasteiger partial charge in [-0.05, 0) is 34.4 Å². The highest BCUT2D eigenvalue weighted by Gasteiger charge is 2.32. The number of aromatic amines is 1. The van der Waals surface area contributed by atoms with E-state index in [4.69, 9.17) is 0 Å². The molecular formula is C26H30N4O3. The van der Waals surface area contributed by atoms with Crippen molar-refractivity contribution in [1.29, 1.82) is 0 Å². The number of anilines is 1. The van der Waals surface area contributed by atoms with E-state index in [9.17, 15) is 14.4 Å². The summed E-state index contributed by atoms with van der Waals surface area (Å²) in [4.78, 5) is 40.9. The van der Waals surface area contributed by atoms with E-state index < -0.39 is 11.5 Å². The van der Waals surface area contributed by atoms with Crippen molar-refractivity contribution in [3.05, 3.63) is 80.9 Å². The van der Waals surface area contributed by atoms with Gasteiger partial charge in [-0.3, -0.25) is 14.4 Å². The molecule has 0 atom stereocenters. The number of Topliss-reactive ketones (excluding diaryl/α,β-unsaturated/α-hetero) is 1. The van der Waals surface area contributed by atoms with Gasteiger partial charge < -0.3 is 10.3 Å². The van der Waals surface area contributed by atoms with Crippen molar-refractivity contribution in [2.24, 2.45) is 5.41 Å². The molecular weight excluding hydrogens is 416 g/mol. The highest BCUT2D eigenvalue weighted by atomic mass is 16.2. The van der Waals surface area contributed by atoms with E-state index in [2.05, 4.69) is 60.4 Å². The standard InChI is InChI=1S/C26H30N4O3/c1-25(2,3)17-8-6-16(7-9-17)15-30-22(10-11-27-30)29-24(33)19-12-18-20(28-23(19)32)13-26(4,5)14-21(18)31/h6-12H,13-15H2,1-5H3,(H,28,32)(H,29,33). The Kier molecular flexibility index (Phi) is 5.60. The van der Waals surface area contributed by atoms with Crippen molar-refractivity contribution in [2.75, 3.05) is 5.32 Å². The number of hydrogen-bond acceptors (Lipinski definition) is 4. The van der Waals surface area contributed by atoms with Gasteiger partial charge in [0.05, 0.1) is 12.7 Å². The van der Waals surface area contributed by atoms with Crippen molar-refractivity contribution in [3.8, 4) is 0 Å². The van der Waals surface area contributed by atoms with Gasteiger partial charge in [0.1, 0.15) is 11.4 Å². The van der Waals surface area contributed by atoms with Gasteiger partial charge in [-0.1, -0.05) is 58.9 Å². The Morgan fingerprint density at radius 3 is 2.48 bits per heavy atom. The Balaban J connectivity index is 1.54. The van der Waals surface area contributed by atoms with Gasteiger partial charge in [0.2, 0.25) is 0 Å². The van der Waals surface area contributed by atoms with Crippen LogP contribution in [-0.4, -0.2) is 26.5 Å². The Morgan fingerprint density at radius 2 is 1.82 bits per heavy atom. The molecule has 1 aromatic carbocycles. The van der Waals surface area contributed by atoms with Crippen molar-refractivity contribution in [3.63, 3.8) is 0 Å². The molecule has 0 saturated heterocycles. The van der Waals surface area contributed by atoms with Gasteiger partial charge in [0.15, 0.2) is 5.78 Å². The van der Waals surface area contributed by atoms with Crippen molar-refractivity contribution in [2.45, 2.75) is 59.4 Å². The molecule has 0 saturated carbocycles. The van der Waals surface area contributed by atoms with Gasteiger partial charge in [0.25, 0.3) is 11.5 Å². The van der Waals surface area contributed by atoms with E-state index in [1.54, 1.807) is 16.9 Å². The molecule has 33 heavy (non-hydrogen) atoms. The molecule has 1 amide bonds. The van der Waals surface area contributed by atoms with Crippen molar-refractivity contribution >= 4 is 17.5 Å². The quantitative estimate of drug-likeness (QED) is 0.624. The summed E-state index contributed by atoms with van der Waals surface area (Å²) in [7, 11) is 0. The first-order chi connectivity index (χ1) is 15.4. The minimum atomic E-state index is -0.568. The molecule has 2 aromatic heterocycles. The molecule has 0 unspecified atom stereocenters. The second-order valence-electron chi connectivity index (χ2n) is 10.6. The highest BCUT2D eigenvalue weighted by Crippen LogP contribution is 2.33. The van der Waals surface area contributed by atoms with E-state index in [1.807, 2.05) is 13.8 Å². The van der Waals surface area contributed by atoms with Crippen molar-refractivity contribution in [1.82, 2.24) is 14.8 Å². The van der Waals surface area contributed by atoms with E-state index >= 15 is 0 Å². The Hall–Kier alpha value is -3.48. The van der Waals surface area contributed by atoms with E-state index in [0.717, 1.165) is 5.56 Å². The molecule has 2 N–H and O–H groups in total. The third-order valence-electron chi connectivity index (χ3n) is 6.07. The molecule has 0 spiro atoms. The van der Waals surface area contributed by atoms with Crippen LogP contribution in [0, 0.1) is 5.41 Å². The fourth-order valence-electron chi connectivity index (χ4n) is 4.23. The maximum absolute atomic E-state index is 12.9. The van der Waals surface area contributed by atoms with Gasteiger partial charge >= 0.3 is 0 Å². The summed E-state index contributed by atoms with van der Waals surface area (Å²) in [6, 6.07) is 11.4. The zero-order chi connectivity index (χ0) is 24.0. The monoisotopic (exact) mass is 446 g/mol. The van der Waals surface area contributed by atoms with Crippen LogP contribution in [0.3, 0.4) is 0 Å². The van der Waals surface area contributed by atoms with Crippen LogP contribution in [-0.2, 0) is 18.4 Å². The first kappa shape index (κ1) is 22.7. The lowest BCUT2D eigenvalue weighted by Crippen LogP contribution is -2.33. The van der Waals surface area contributed by atoms with E-state index in [0.29, 0.717) is 36.5 Å². The minimum Gasteiger partial charge on any atom is -0.325 e. The molecule has 7 nitrogen and oxygen atoms in total. The normalized spacial score (nSPS) is 15.2. The molecule has 0 radical (unpaired) electrons. The summed E-state index contributed by atoms with van der Waals surface area (Å²) >= 11 is 0. The van der Waals surface area contributed by atoms with Crippen LogP contribution in [0.1, 0.15) is 78.6 Å². The molecule has 2 heterocycles. The lowest BCUT2D eigenvalue weighted by Gasteiger charge is -2.29. The lowest BCUT2D eigenvalue weighted by atomic mass is 9.75. The van der Waals surface area contributed by atoms with E-state index in [-0.39, 0.29) is 22.2 Å². The molecule has 1 aliphatic rings. The second-order valence-corrected chi connectivity index (χ2v) is 10.6. The number of rotatable bonds is 4. The zero-order valence-electron chi connectivity index (χ0n) is 19.8. The molecule has 3 aromatic rings. The molecule has 0 bridgehead atoms. The number of pyridine rings is 1. The van der Waals surface area contributed by atoms with Crippen LogP contribution in [0.2, 0.25) is 0 Å². The zero-order valence-corrected chi connectivity index (χ0v) is 19.8. The summed E-state index contributed by atoms with van der Waals surface area (Å²) < 4.78 is 1.67. The molecule has 4 rings (SSSR count). The summed E-state index contributed by atoms with van der Waals surface area (Å²) in [6.07, 6.45) is 2.57. The number of hydrogen-bond donors (Lipinski definition) is 2. The van der Waals surface area contributed by atoms with Crippen LogP contribution in [0.5, 0.6) is 0 Å². The van der Waals surface area contributed by atoms with Crippen LogP contribution in [0.25, 0.3) is 0 Å². The topological polar surface area (TPSA) is 96.8 Å². The number of nitrogens with one attached hydrogen (secondary N) is 2. The number of nitrogens with zero attached hydrogens (tertiary/aromatic N) is 2. The predicted molar refractivity (Wildman–Crippen MR) is 128 cm³/mol. The van der Waals surface area contributed by atoms with E-state index in [1.165, 1.54) is 11.6 Å². The Labute approximate surface area is 193 Å². The summed E-state index contributed by atoms with van der Waals surface area (Å²) in [6.45, 7) is 11.0. The third kappa shape index (κ3) is 4.82. The maximum Gasteiger partial charge on any atom is 0.262 e. The average molecular weight is 447 g/mol. The molecule has 172 valence electrons. The van der Waals surface area contributed by atoms with Gasteiger partial charge in [0, 0.05) is 23.7 Å².